The van der Waals surface area contributed by atoms with Crippen LogP contribution in [0.15, 0.2) is 24.3 Å². The minimum absolute atomic E-state index is 0.00210. The lowest BCUT2D eigenvalue weighted by Gasteiger charge is -2.36. The lowest BCUT2D eigenvalue weighted by molar-refractivity contribution is -0.125. The van der Waals surface area contributed by atoms with Gasteiger partial charge in [0.2, 0.25) is 5.91 Å². The average molecular weight is 431 g/mol. The number of urea groups is 1. The van der Waals surface area contributed by atoms with Crippen LogP contribution in [0.4, 0.5) is 4.79 Å². The molecule has 0 spiro atoms. The zero-order valence-electron chi connectivity index (χ0n) is 19.7. The van der Waals surface area contributed by atoms with Gasteiger partial charge >= 0.3 is 6.03 Å². The second-order valence-corrected chi connectivity index (χ2v) is 9.24. The number of aryl methyl sites for hydroxylation is 1. The number of hydrogen-bond acceptors (Lipinski definition) is 3. The first-order valence-electron chi connectivity index (χ1n) is 11.3. The van der Waals surface area contributed by atoms with Crippen molar-refractivity contribution in [1.82, 2.24) is 20.9 Å². The monoisotopic (exact) mass is 430 g/mol. The molecule has 0 aromatic heterocycles. The molecule has 3 N–H and O–H groups in total. The molecule has 0 radical (unpaired) electrons. The number of carbonyl (C=O) groups excluding carboxylic acids is 3. The minimum atomic E-state index is -0.636. The summed E-state index contributed by atoms with van der Waals surface area (Å²) in [6.07, 6.45) is 1.32. The van der Waals surface area contributed by atoms with Crippen molar-refractivity contribution in [2.75, 3.05) is 13.1 Å². The van der Waals surface area contributed by atoms with Crippen LogP contribution in [0.1, 0.15) is 63.4 Å². The van der Waals surface area contributed by atoms with Crippen LogP contribution in [0.5, 0.6) is 0 Å². The van der Waals surface area contributed by atoms with Gasteiger partial charge in [-0.15, -0.1) is 0 Å². The van der Waals surface area contributed by atoms with E-state index >= 15 is 0 Å². The molecule has 0 aliphatic carbocycles. The van der Waals surface area contributed by atoms with E-state index in [0.717, 1.165) is 5.56 Å². The Morgan fingerprint density at radius 3 is 2.10 bits per heavy atom. The summed E-state index contributed by atoms with van der Waals surface area (Å²) in [5.41, 5.74) is 1.45. The number of nitrogens with one attached hydrogen (secondary N) is 3. The van der Waals surface area contributed by atoms with Crippen molar-refractivity contribution in [2.24, 2.45) is 11.8 Å². The summed E-state index contributed by atoms with van der Waals surface area (Å²) in [5, 5.41) is 8.97. The number of nitrogens with zero attached hydrogens (tertiary/aromatic N) is 1. The number of likely N-dealkylation sites (tertiary alicyclic amines) is 1. The summed E-state index contributed by atoms with van der Waals surface area (Å²) in [6.45, 7) is 13.0. The van der Waals surface area contributed by atoms with E-state index in [1.807, 2.05) is 45.9 Å². The largest absolute Gasteiger partial charge is 0.352 e. The van der Waals surface area contributed by atoms with Gasteiger partial charge in [0, 0.05) is 30.7 Å². The molecule has 172 valence electrons. The van der Waals surface area contributed by atoms with E-state index in [1.165, 1.54) is 0 Å². The third-order valence-electron chi connectivity index (χ3n) is 6.04. The summed E-state index contributed by atoms with van der Waals surface area (Å²) in [6, 6.07) is 6.74. The molecule has 2 rings (SSSR count). The third kappa shape index (κ3) is 6.97. The lowest BCUT2D eigenvalue weighted by atomic mass is 9.88. The topological polar surface area (TPSA) is 90.5 Å². The van der Waals surface area contributed by atoms with Crippen LogP contribution in [0.25, 0.3) is 0 Å². The van der Waals surface area contributed by atoms with Crippen molar-refractivity contribution in [1.29, 1.82) is 0 Å². The molecule has 0 bridgehead atoms. The van der Waals surface area contributed by atoms with E-state index in [1.54, 1.807) is 11.0 Å². The second-order valence-electron chi connectivity index (χ2n) is 9.24. The molecule has 1 saturated heterocycles. The van der Waals surface area contributed by atoms with Gasteiger partial charge in [-0.3, -0.25) is 9.59 Å². The van der Waals surface area contributed by atoms with E-state index < -0.39 is 6.04 Å². The Labute approximate surface area is 186 Å². The Hall–Kier alpha value is -2.57. The summed E-state index contributed by atoms with van der Waals surface area (Å²) >= 11 is 0. The maximum Gasteiger partial charge on any atom is 0.317 e. The van der Waals surface area contributed by atoms with E-state index in [4.69, 9.17) is 0 Å². The molecule has 4 amide bonds. The highest BCUT2D eigenvalue weighted by molar-refractivity contribution is 5.98. The number of piperidine rings is 1. The first-order valence-corrected chi connectivity index (χ1v) is 11.3. The van der Waals surface area contributed by atoms with Gasteiger partial charge in [-0.2, -0.15) is 0 Å². The van der Waals surface area contributed by atoms with Gasteiger partial charge in [-0.25, -0.2) is 4.79 Å². The van der Waals surface area contributed by atoms with Crippen LogP contribution in [0.2, 0.25) is 0 Å². The average Bonchev–Trinajstić information content (AvgIpc) is 2.71. The summed E-state index contributed by atoms with van der Waals surface area (Å²) in [5.74, 6) is -0.141. The van der Waals surface area contributed by atoms with Crippen molar-refractivity contribution >= 4 is 17.8 Å². The number of amides is 4. The molecule has 1 fully saturated rings. The van der Waals surface area contributed by atoms with Gasteiger partial charge in [0.25, 0.3) is 5.91 Å². The molecule has 1 heterocycles. The van der Waals surface area contributed by atoms with Gasteiger partial charge in [0.1, 0.15) is 6.04 Å². The molecule has 1 aromatic carbocycles. The first-order chi connectivity index (χ1) is 14.6. The maximum absolute atomic E-state index is 13.2. The third-order valence-corrected chi connectivity index (χ3v) is 6.04. The van der Waals surface area contributed by atoms with E-state index in [2.05, 4.69) is 29.8 Å². The zero-order chi connectivity index (χ0) is 23.1. The minimum Gasteiger partial charge on any atom is -0.352 e. The Morgan fingerprint density at radius 2 is 1.55 bits per heavy atom. The SMILES string of the molecule is Cc1ccccc1C(=O)NC(C(=O)NC(C)C(C)C)C1CCN(C(=O)NC(C)C)CC1. The number of hydrogen-bond donors (Lipinski definition) is 3. The highest BCUT2D eigenvalue weighted by Gasteiger charge is 2.35. The highest BCUT2D eigenvalue weighted by atomic mass is 16.2. The zero-order valence-corrected chi connectivity index (χ0v) is 19.7. The molecular weight excluding hydrogens is 392 g/mol. The van der Waals surface area contributed by atoms with E-state index in [0.29, 0.717) is 37.4 Å². The van der Waals surface area contributed by atoms with Crippen molar-refractivity contribution in [3.63, 3.8) is 0 Å². The molecule has 7 nitrogen and oxygen atoms in total. The predicted octanol–water partition coefficient (Wildman–Crippen LogP) is 3.08. The molecule has 1 aliphatic heterocycles. The molecular formula is C24H38N4O3. The van der Waals surface area contributed by atoms with Gasteiger partial charge < -0.3 is 20.9 Å². The van der Waals surface area contributed by atoms with Crippen LogP contribution >= 0.6 is 0 Å². The Morgan fingerprint density at radius 1 is 0.935 bits per heavy atom. The Kier molecular flexibility index (Phi) is 8.89. The fraction of sp³-hybridized carbons (Fsp3) is 0.625. The van der Waals surface area contributed by atoms with E-state index in [-0.39, 0.29) is 35.8 Å². The van der Waals surface area contributed by atoms with Gasteiger partial charge in [0.15, 0.2) is 0 Å². The van der Waals surface area contributed by atoms with Crippen molar-refractivity contribution in [2.45, 2.75) is 72.5 Å². The van der Waals surface area contributed by atoms with Gasteiger partial charge in [0.05, 0.1) is 0 Å². The summed E-state index contributed by atoms with van der Waals surface area (Å²) in [4.78, 5) is 40.2. The molecule has 2 atom stereocenters. The second kappa shape index (κ2) is 11.2. The maximum atomic E-state index is 13.2. The smallest absolute Gasteiger partial charge is 0.317 e. The number of carbonyl (C=O) groups is 3. The standard InChI is InChI=1S/C24H38N4O3/c1-15(2)18(6)26-23(30)21(27-22(29)20-10-8-7-9-17(20)5)19-11-13-28(14-12-19)24(31)25-16(3)4/h7-10,15-16,18-19,21H,11-14H2,1-6H3,(H,25,31)(H,26,30)(H,27,29). The van der Waals surface area contributed by atoms with Gasteiger partial charge in [-0.05, 0) is 64.0 Å². The highest BCUT2D eigenvalue weighted by Crippen LogP contribution is 2.22. The molecule has 31 heavy (non-hydrogen) atoms. The molecule has 0 saturated carbocycles. The molecule has 2 unspecified atom stereocenters. The quantitative estimate of drug-likeness (QED) is 0.621. The van der Waals surface area contributed by atoms with Gasteiger partial charge in [-0.1, -0.05) is 32.0 Å². The van der Waals surface area contributed by atoms with Crippen LogP contribution in [-0.2, 0) is 4.79 Å². The van der Waals surface area contributed by atoms with Crippen LogP contribution in [-0.4, -0.2) is 54.0 Å². The van der Waals surface area contributed by atoms with Crippen LogP contribution in [0.3, 0.4) is 0 Å². The summed E-state index contributed by atoms with van der Waals surface area (Å²) in [7, 11) is 0. The van der Waals surface area contributed by atoms with Crippen molar-refractivity contribution in [3.05, 3.63) is 35.4 Å². The fourth-order valence-electron chi connectivity index (χ4n) is 3.70. The lowest BCUT2D eigenvalue weighted by Crippen LogP contribution is -2.56. The van der Waals surface area contributed by atoms with Crippen LogP contribution < -0.4 is 16.0 Å². The number of benzene rings is 1. The van der Waals surface area contributed by atoms with Crippen LogP contribution in [0, 0.1) is 18.8 Å². The molecule has 7 heteroatoms. The Balaban J connectivity index is 2.13. The molecule has 1 aliphatic rings. The van der Waals surface area contributed by atoms with E-state index in [9.17, 15) is 14.4 Å². The first kappa shape index (κ1) is 24.7. The summed E-state index contributed by atoms with van der Waals surface area (Å²) < 4.78 is 0. The predicted molar refractivity (Wildman–Crippen MR) is 123 cm³/mol. The molecule has 1 aromatic rings. The Bertz CT molecular complexity index is 770. The normalized spacial score (nSPS) is 16.7. The van der Waals surface area contributed by atoms with Crippen molar-refractivity contribution < 1.29 is 14.4 Å². The number of rotatable bonds is 7. The fourth-order valence-corrected chi connectivity index (χ4v) is 3.70. The van der Waals surface area contributed by atoms with Crippen molar-refractivity contribution in [3.8, 4) is 0 Å².